The molecule has 0 aliphatic carbocycles. The van der Waals surface area contributed by atoms with Gasteiger partial charge >= 0.3 is 0 Å². The lowest BCUT2D eigenvalue weighted by molar-refractivity contribution is 0.190. The lowest BCUT2D eigenvalue weighted by atomic mass is 10.1. The molecule has 0 fully saturated rings. The van der Waals surface area contributed by atoms with Crippen LogP contribution < -0.4 is 4.74 Å². The largest absolute Gasteiger partial charge is 0.457 e. The maximum Gasteiger partial charge on any atom is 0.136 e. The molecule has 0 spiro atoms. The fourth-order valence-electron chi connectivity index (χ4n) is 1.82. The van der Waals surface area contributed by atoms with Crippen molar-refractivity contribution in [3.8, 4) is 11.5 Å². The summed E-state index contributed by atoms with van der Waals surface area (Å²) in [7, 11) is 0. The summed E-state index contributed by atoms with van der Waals surface area (Å²) in [6.45, 7) is 3.07. The number of halogens is 2. The molecule has 0 heterocycles. The fraction of sp³-hybridized carbons (Fsp3) is 0.200. The molecule has 0 bridgehead atoms. The highest BCUT2D eigenvalue weighted by atomic mass is 19.1. The molecule has 4 heteroatoms. The first-order valence-electron chi connectivity index (χ1n) is 5.89. The van der Waals surface area contributed by atoms with Gasteiger partial charge in [-0.3, -0.25) is 0 Å². The maximum atomic E-state index is 13.6. The van der Waals surface area contributed by atoms with Crippen LogP contribution in [0.15, 0.2) is 36.4 Å². The third-order valence-corrected chi connectivity index (χ3v) is 2.79. The SMILES string of the molecule is Cc1cc(Oc2cccc(F)c2C(C)O)ccc1F. The molecule has 2 nitrogen and oxygen atoms in total. The molecule has 0 saturated carbocycles. The second-order valence-electron chi connectivity index (χ2n) is 4.34. The molecule has 0 saturated heterocycles. The predicted octanol–water partition coefficient (Wildman–Crippen LogP) is 4.12. The zero-order valence-corrected chi connectivity index (χ0v) is 10.7. The maximum absolute atomic E-state index is 13.6. The Hall–Kier alpha value is -1.94. The van der Waals surface area contributed by atoms with Gasteiger partial charge in [-0.15, -0.1) is 0 Å². The van der Waals surface area contributed by atoms with Crippen LogP contribution >= 0.6 is 0 Å². The van der Waals surface area contributed by atoms with E-state index >= 15 is 0 Å². The minimum Gasteiger partial charge on any atom is -0.457 e. The van der Waals surface area contributed by atoms with E-state index in [1.54, 1.807) is 13.0 Å². The van der Waals surface area contributed by atoms with Crippen molar-refractivity contribution in [3.05, 3.63) is 59.2 Å². The first-order chi connectivity index (χ1) is 8.99. The van der Waals surface area contributed by atoms with Gasteiger partial charge in [0, 0.05) is 0 Å². The molecule has 1 unspecified atom stereocenters. The Morgan fingerprint density at radius 2 is 1.84 bits per heavy atom. The van der Waals surface area contributed by atoms with Crippen molar-refractivity contribution < 1.29 is 18.6 Å². The predicted molar refractivity (Wildman–Crippen MR) is 68.2 cm³/mol. The van der Waals surface area contributed by atoms with E-state index < -0.39 is 11.9 Å². The Balaban J connectivity index is 2.38. The number of rotatable bonds is 3. The van der Waals surface area contributed by atoms with Crippen LogP contribution in [0, 0.1) is 18.6 Å². The lowest BCUT2D eigenvalue weighted by Crippen LogP contribution is -2.00. The van der Waals surface area contributed by atoms with Crippen LogP contribution in [0.5, 0.6) is 11.5 Å². The van der Waals surface area contributed by atoms with E-state index in [0.29, 0.717) is 11.3 Å². The summed E-state index contributed by atoms with van der Waals surface area (Å²) in [5, 5.41) is 9.58. The molecule has 2 aromatic rings. The number of aliphatic hydroxyl groups excluding tert-OH is 1. The Labute approximate surface area is 110 Å². The summed E-state index contributed by atoms with van der Waals surface area (Å²) in [4.78, 5) is 0. The van der Waals surface area contributed by atoms with E-state index in [1.807, 2.05) is 0 Å². The van der Waals surface area contributed by atoms with Crippen molar-refractivity contribution in [2.75, 3.05) is 0 Å². The van der Waals surface area contributed by atoms with Gasteiger partial charge < -0.3 is 9.84 Å². The normalized spacial score (nSPS) is 12.3. The summed E-state index contributed by atoms with van der Waals surface area (Å²) < 4.78 is 32.3. The molecule has 0 aliphatic rings. The zero-order chi connectivity index (χ0) is 14.0. The summed E-state index contributed by atoms with van der Waals surface area (Å²) in [6, 6.07) is 8.57. The second-order valence-corrected chi connectivity index (χ2v) is 4.34. The summed E-state index contributed by atoms with van der Waals surface area (Å²) in [5.74, 6) is -0.249. The van der Waals surface area contributed by atoms with Gasteiger partial charge in [0.05, 0.1) is 11.7 Å². The van der Waals surface area contributed by atoms with Gasteiger partial charge in [0.1, 0.15) is 23.1 Å². The zero-order valence-electron chi connectivity index (χ0n) is 10.7. The molecule has 0 aromatic heterocycles. The Kier molecular flexibility index (Phi) is 3.81. The van der Waals surface area contributed by atoms with Gasteiger partial charge in [-0.05, 0) is 49.7 Å². The van der Waals surface area contributed by atoms with Crippen LogP contribution in [0.4, 0.5) is 8.78 Å². The van der Waals surface area contributed by atoms with Crippen molar-refractivity contribution in [1.82, 2.24) is 0 Å². The third kappa shape index (κ3) is 2.90. The molecular weight excluding hydrogens is 250 g/mol. The van der Waals surface area contributed by atoms with Crippen molar-refractivity contribution in [2.45, 2.75) is 20.0 Å². The Morgan fingerprint density at radius 1 is 1.11 bits per heavy atom. The molecule has 1 atom stereocenters. The summed E-state index contributed by atoms with van der Waals surface area (Å²) in [6.07, 6.45) is -0.988. The minimum atomic E-state index is -0.988. The van der Waals surface area contributed by atoms with Crippen molar-refractivity contribution in [2.24, 2.45) is 0 Å². The van der Waals surface area contributed by atoms with Crippen molar-refractivity contribution >= 4 is 0 Å². The molecule has 2 aromatic carbocycles. The average Bonchev–Trinajstić information content (AvgIpc) is 2.33. The molecule has 1 N–H and O–H groups in total. The summed E-state index contributed by atoms with van der Waals surface area (Å²) in [5.41, 5.74) is 0.525. The monoisotopic (exact) mass is 264 g/mol. The molecule has 19 heavy (non-hydrogen) atoms. The van der Waals surface area contributed by atoms with Crippen LogP contribution in [0.2, 0.25) is 0 Å². The number of aliphatic hydroxyl groups is 1. The highest BCUT2D eigenvalue weighted by Crippen LogP contribution is 2.32. The molecular formula is C15H14F2O2. The minimum absolute atomic E-state index is 0.0875. The molecule has 2 rings (SSSR count). The van der Waals surface area contributed by atoms with E-state index in [1.165, 1.54) is 37.3 Å². The average molecular weight is 264 g/mol. The fourth-order valence-corrected chi connectivity index (χ4v) is 1.82. The van der Waals surface area contributed by atoms with Gasteiger partial charge in [-0.2, -0.15) is 0 Å². The van der Waals surface area contributed by atoms with Gasteiger partial charge in [0.2, 0.25) is 0 Å². The number of aryl methyl sites for hydroxylation is 1. The van der Waals surface area contributed by atoms with Gasteiger partial charge in [0.25, 0.3) is 0 Å². The van der Waals surface area contributed by atoms with E-state index in [0.717, 1.165) is 0 Å². The lowest BCUT2D eigenvalue weighted by Gasteiger charge is -2.14. The van der Waals surface area contributed by atoms with E-state index in [-0.39, 0.29) is 17.1 Å². The molecule has 100 valence electrons. The highest BCUT2D eigenvalue weighted by Gasteiger charge is 2.15. The smallest absolute Gasteiger partial charge is 0.136 e. The third-order valence-electron chi connectivity index (χ3n) is 2.79. The van der Waals surface area contributed by atoms with Crippen molar-refractivity contribution in [1.29, 1.82) is 0 Å². The van der Waals surface area contributed by atoms with Gasteiger partial charge in [0.15, 0.2) is 0 Å². The van der Waals surface area contributed by atoms with E-state index in [2.05, 4.69) is 0 Å². The summed E-state index contributed by atoms with van der Waals surface area (Å²) >= 11 is 0. The van der Waals surface area contributed by atoms with Crippen LogP contribution in [0.1, 0.15) is 24.2 Å². The van der Waals surface area contributed by atoms with Crippen molar-refractivity contribution in [3.63, 3.8) is 0 Å². The number of hydrogen-bond acceptors (Lipinski definition) is 2. The van der Waals surface area contributed by atoms with Crippen LogP contribution in [-0.4, -0.2) is 5.11 Å². The van der Waals surface area contributed by atoms with Gasteiger partial charge in [-0.1, -0.05) is 6.07 Å². The first kappa shape index (κ1) is 13.5. The van der Waals surface area contributed by atoms with Crippen LogP contribution in [0.3, 0.4) is 0 Å². The molecule has 0 aliphatic heterocycles. The first-order valence-corrected chi connectivity index (χ1v) is 5.89. The Bertz CT molecular complexity index is 595. The van der Waals surface area contributed by atoms with Crippen LogP contribution in [0.25, 0.3) is 0 Å². The topological polar surface area (TPSA) is 29.5 Å². The Morgan fingerprint density at radius 3 is 2.47 bits per heavy atom. The number of ether oxygens (including phenoxy) is 1. The van der Waals surface area contributed by atoms with E-state index in [9.17, 15) is 13.9 Å². The molecule has 0 radical (unpaired) electrons. The number of benzene rings is 2. The van der Waals surface area contributed by atoms with E-state index in [4.69, 9.17) is 4.74 Å². The standard InChI is InChI=1S/C15H14F2O2/c1-9-8-11(6-7-12(9)16)19-14-5-3-4-13(17)15(14)10(2)18/h3-8,10,18H,1-2H3. The quantitative estimate of drug-likeness (QED) is 0.903. The second kappa shape index (κ2) is 5.36. The van der Waals surface area contributed by atoms with Gasteiger partial charge in [-0.25, -0.2) is 8.78 Å². The number of hydrogen-bond donors (Lipinski definition) is 1. The van der Waals surface area contributed by atoms with Crippen LogP contribution in [-0.2, 0) is 0 Å². The highest BCUT2D eigenvalue weighted by molar-refractivity contribution is 5.40. The molecule has 0 amide bonds.